The number of hydrogen-bond acceptors (Lipinski definition) is 3. The summed E-state index contributed by atoms with van der Waals surface area (Å²) < 4.78 is 0.870. The van der Waals surface area contributed by atoms with Crippen LogP contribution >= 0.6 is 15.9 Å². The summed E-state index contributed by atoms with van der Waals surface area (Å²) in [6.45, 7) is 6.60. The second-order valence-electron chi connectivity index (χ2n) is 5.95. The molecular weight excluding hydrogens is 302 g/mol. The third-order valence-electron chi connectivity index (χ3n) is 3.92. The second kappa shape index (κ2) is 6.69. The first-order valence-electron chi connectivity index (χ1n) is 7.37. The molecule has 2 atom stereocenters. The molecule has 19 heavy (non-hydrogen) atoms. The SMILES string of the molecule is CC(C)c1nc(Br)cc(NC2CCCCCC2C)n1. The van der Waals surface area contributed by atoms with E-state index in [1.54, 1.807) is 0 Å². The molecule has 0 aliphatic heterocycles. The van der Waals surface area contributed by atoms with Gasteiger partial charge in [0.1, 0.15) is 16.2 Å². The molecule has 2 rings (SSSR count). The molecule has 0 saturated heterocycles. The zero-order chi connectivity index (χ0) is 13.8. The maximum absolute atomic E-state index is 4.64. The summed E-state index contributed by atoms with van der Waals surface area (Å²) in [4.78, 5) is 9.07. The largest absolute Gasteiger partial charge is 0.367 e. The zero-order valence-corrected chi connectivity index (χ0v) is 13.7. The molecule has 1 saturated carbocycles. The Morgan fingerprint density at radius 1 is 1.21 bits per heavy atom. The quantitative estimate of drug-likeness (QED) is 0.644. The lowest BCUT2D eigenvalue weighted by Crippen LogP contribution is -2.27. The van der Waals surface area contributed by atoms with Crippen molar-refractivity contribution >= 4 is 21.7 Å². The maximum atomic E-state index is 4.64. The van der Waals surface area contributed by atoms with E-state index in [0.29, 0.717) is 12.0 Å². The Balaban J connectivity index is 2.13. The van der Waals surface area contributed by atoms with Crippen LogP contribution in [0.5, 0.6) is 0 Å². The van der Waals surface area contributed by atoms with Crippen LogP contribution in [0.1, 0.15) is 64.6 Å². The van der Waals surface area contributed by atoms with Gasteiger partial charge in [0.15, 0.2) is 0 Å². The summed E-state index contributed by atoms with van der Waals surface area (Å²) in [5.41, 5.74) is 0. The van der Waals surface area contributed by atoms with E-state index in [4.69, 9.17) is 0 Å². The van der Waals surface area contributed by atoms with Crippen molar-refractivity contribution in [3.05, 3.63) is 16.5 Å². The normalized spacial score (nSPS) is 24.3. The Morgan fingerprint density at radius 3 is 2.68 bits per heavy atom. The molecule has 0 amide bonds. The predicted molar refractivity (Wildman–Crippen MR) is 83.5 cm³/mol. The lowest BCUT2D eigenvalue weighted by atomic mass is 9.97. The summed E-state index contributed by atoms with van der Waals surface area (Å²) in [6.07, 6.45) is 6.63. The van der Waals surface area contributed by atoms with Crippen molar-refractivity contribution in [2.24, 2.45) is 5.92 Å². The van der Waals surface area contributed by atoms with E-state index in [0.717, 1.165) is 22.2 Å². The highest BCUT2D eigenvalue weighted by atomic mass is 79.9. The van der Waals surface area contributed by atoms with Gasteiger partial charge in [-0.15, -0.1) is 0 Å². The number of aromatic nitrogens is 2. The Labute approximate surface area is 124 Å². The van der Waals surface area contributed by atoms with Crippen molar-refractivity contribution in [3.63, 3.8) is 0 Å². The maximum Gasteiger partial charge on any atom is 0.134 e. The highest BCUT2D eigenvalue weighted by Gasteiger charge is 2.20. The number of nitrogens with zero attached hydrogens (tertiary/aromatic N) is 2. The Morgan fingerprint density at radius 2 is 1.95 bits per heavy atom. The minimum absolute atomic E-state index is 0.351. The Kier molecular flexibility index (Phi) is 5.20. The fourth-order valence-corrected chi connectivity index (χ4v) is 3.06. The fourth-order valence-electron chi connectivity index (χ4n) is 2.66. The average Bonchev–Trinajstić information content (AvgIpc) is 2.54. The van der Waals surface area contributed by atoms with Gasteiger partial charge in [0.25, 0.3) is 0 Å². The van der Waals surface area contributed by atoms with Gasteiger partial charge in [-0.2, -0.15) is 0 Å². The van der Waals surface area contributed by atoms with Crippen LogP contribution < -0.4 is 5.32 Å². The smallest absolute Gasteiger partial charge is 0.134 e. The highest BCUT2D eigenvalue weighted by molar-refractivity contribution is 9.10. The van der Waals surface area contributed by atoms with Crippen LogP contribution in [0.25, 0.3) is 0 Å². The van der Waals surface area contributed by atoms with Crippen LogP contribution in [-0.4, -0.2) is 16.0 Å². The van der Waals surface area contributed by atoms with Crippen molar-refractivity contribution in [1.82, 2.24) is 9.97 Å². The van der Waals surface area contributed by atoms with Crippen molar-refractivity contribution in [3.8, 4) is 0 Å². The third-order valence-corrected chi connectivity index (χ3v) is 4.33. The first kappa shape index (κ1) is 14.8. The van der Waals surface area contributed by atoms with E-state index in [1.165, 1.54) is 32.1 Å². The first-order chi connectivity index (χ1) is 9.06. The summed E-state index contributed by atoms with van der Waals surface area (Å²) in [5.74, 6) is 2.94. The highest BCUT2D eigenvalue weighted by Crippen LogP contribution is 2.26. The topological polar surface area (TPSA) is 37.8 Å². The van der Waals surface area contributed by atoms with Crippen LogP contribution in [0.3, 0.4) is 0 Å². The minimum atomic E-state index is 0.351. The van der Waals surface area contributed by atoms with Gasteiger partial charge in [0.05, 0.1) is 0 Å². The molecule has 1 aliphatic carbocycles. The molecule has 0 spiro atoms. The fraction of sp³-hybridized carbons (Fsp3) is 0.733. The summed E-state index contributed by atoms with van der Waals surface area (Å²) in [6, 6.07) is 2.54. The average molecular weight is 326 g/mol. The van der Waals surface area contributed by atoms with E-state index >= 15 is 0 Å². The van der Waals surface area contributed by atoms with Crippen molar-refractivity contribution in [2.45, 2.75) is 64.8 Å². The van der Waals surface area contributed by atoms with Gasteiger partial charge in [-0.3, -0.25) is 0 Å². The molecule has 0 radical (unpaired) electrons. The number of hydrogen-bond donors (Lipinski definition) is 1. The molecule has 0 bridgehead atoms. The molecule has 1 fully saturated rings. The molecule has 4 heteroatoms. The van der Waals surface area contributed by atoms with Crippen LogP contribution in [0, 0.1) is 5.92 Å². The number of rotatable bonds is 3. The number of anilines is 1. The van der Waals surface area contributed by atoms with Gasteiger partial charge in [-0.25, -0.2) is 9.97 Å². The van der Waals surface area contributed by atoms with E-state index in [-0.39, 0.29) is 0 Å². The molecule has 106 valence electrons. The van der Waals surface area contributed by atoms with Crippen LogP contribution in [0.15, 0.2) is 10.7 Å². The van der Waals surface area contributed by atoms with Gasteiger partial charge in [-0.05, 0) is 34.7 Å². The minimum Gasteiger partial charge on any atom is -0.367 e. The molecule has 2 unspecified atom stereocenters. The Bertz CT molecular complexity index is 420. The van der Waals surface area contributed by atoms with Crippen molar-refractivity contribution < 1.29 is 0 Å². The van der Waals surface area contributed by atoms with Crippen LogP contribution in [-0.2, 0) is 0 Å². The van der Waals surface area contributed by atoms with E-state index < -0.39 is 0 Å². The lowest BCUT2D eigenvalue weighted by Gasteiger charge is -2.23. The van der Waals surface area contributed by atoms with Gasteiger partial charge in [0, 0.05) is 18.0 Å². The molecule has 1 aromatic heterocycles. The van der Waals surface area contributed by atoms with Crippen LogP contribution in [0.2, 0.25) is 0 Å². The monoisotopic (exact) mass is 325 g/mol. The number of halogens is 1. The van der Waals surface area contributed by atoms with Crippen LogP contribution in [0.4, 0.5) is 5.82 Å². The Hall–Kier alpha value is -0.640. The van der Waals surface area contributed by atoms with Gasteiger partial charge in [0.2, 0.25) is 0 Å². The summed E-state index contributed by atoms with van der Waals surface area (Å²) >= 11 is 3.49. The second-order valence-corrected chi connectivity index (χ2v) is 6.77. The molecule has 1 N–H and O–H groups in total. The molecule has 1 aromatic rings. The van der Waals surface area contributed by atoms with E-state index in [9.17, 15) is 0 Å². The van der Waals surface area contributed by atoms with Gasteiger partial charge >= 0.3 is 0 Å². The standard InChI is InChI=1S/C15H24BrN3/c1-10(2)15-18-13(16)9-14(19-15)17-12-8-6-4-5-7-11(12)3/h9-12H,4-8H2,1-3H3,(H,17,18,19). The molecule has 0 aromatic carbocycles. The van der Waals surface area contributed by atoms with Crippen molar-refractivity contribution in [2.75, 3.05) is 5.32 Å². The molecule has 1 aliphatic rings. The lowest BCUT2D eigenvalue weighted by molar-refractivity contribution is 0.455. The van der Waals surface area contributed by atoms with Gasteiger partial charge in [-0.1, -0.05) is 40.0 Å². The third kappa shape index (κ3) is 4.16. The van der Waals surface area contributed by atoms with Crippen molar-refractivity contribution in [1.29, 1.82) is 0 Å². The first-order valence-corrected chi connectivity index (χ1v) is 8.16. The molecular formula is C15H24BrN3. The molecule has 1 heterocycles. The predicted octanol–water partition coefficient (Wildman–Crippen LogP) is 4.74. The molecule has 3 nitrogen and oxygen atoms in total. The zero-order valence-electron chi connectivity index (χ0n) is 12.1. The summed E-state index contributed by atoms with van der Waals surface area (Å²) in [7, 11) is 0. The van der Waals surface area contributed by atoms with Gasteiger partial charge < -0.3 is 5.32 Å². The van der Waals surface area contributed by atoms with E-state index in [1.807, 2.05) is 6.07 Å². The summed E-state index contributed by atoms with van der Waals surface area (Å²) in [5, 5.41) is 3.63. The number of nitrogens with one attached hydrogen (secondary N) is 1. The van der Waals surface area contributed by atoms with E-state index in [2.05, 4.69) is 52.0 Å².